The Kier molecular flexibility index (Phi) is 8.47. The Morgan fingerprint density at radius 3 is 2.44 bits per heavy atom. The Hall–Kier alpha value is 0.360. The lowest BCUT2D eigenvalue weighted by molar-refractivity contribution is -0.0652. The molecule has 0 amide bonds. The van der Waals surface area contributed by atoms with Gasteiger partial charge in [0.1, 0.15) is 0 Å². The van der Waals surface area contributed by atoms with Crippen LogP contribution in [-0.2, 0) is 14.2 Å². The van der Waals surface area contributed by atoms with E-state index < -0.39 is 0 Å². The van der Waals surface area contributed by atoms with Crippen molar-refractivity contribution in [1.29, 1.82) is 0 Å². The molecule has 18 heavy (non-hydrogen) atoms. The van der Waals surface area contributed by atoms with Crippen molar-refractivity contribution in [3.8, 4) is 0 Å². The molecule has 0 saturated heterocycles. The molecule has 0 heterocycles. The van der Waals surface area contributed by atoms with Crippen LogP contribution >= 0.6 is 15.9 Å². The summed E-state index contributed by atoms with van der Waals surface area (Å²) >= 11 is 3.62. The molecule has 108 valence electrons. The topological polar surface area (TPSA) is 27.7 Å². The van der Waals surface area contributed by atoms with Gasteiger partial charge in [0, 0.05) is 25.7 Å². The third-order valence-corrected chi connectivity index (χ3v) is 4.72. The quantitative estimate of drug-likeness (QED) is 0.481. The number of hydrogen-bond acceptors (Lipinski definition) is 3. The third kappa shape index (κ3) is 6.00. The largest absolute Gasteiger partial charge is 0.382 e. The van der Waals surface area contributed by atoms with E-state index in [0.717, 1.165) is 30.9 Å². The molecule has 0 atom stereocenters. The fourth-order valence-electron chi connectivity index (χ4n) is 2.30. The van der Waals surface area contributed by atoms with E-state index in [2.05, 4.69) is 22.9 Å². The molecule has 0 radical (unpaired) electrons. The highest BCUT2D eigenvalue weighted by molar-refractivity contribution is 9.09. The number of rotatable bonds is 9. The predicted octanol–water partition coefficient (Wildman–Crippen LogP) is 3.40. The van der Waals surface area contributed by atoms with Crippen molar-refractivity contribution in [3.63, 3.8) is 0 Å². The van der Waals surface area contributed by atoms with Crippen LogP contribution in [0.2, 0.25) is 0 Å². The first-order chi connectivity index (χ1) is 8.72. The average Bonchev–Trinajstić information content (AvgIpc) is 2.40. The van der Waals surface area contributed by atoms with Gasteiger partial charge in [-0.05, 0) is 38.0 Å². The molecular formula is C14H27BrO3. The zero-order chi connectivity index (χ0) is 13.3. The average molecular weight is 323 g/mol. The van der Waals surface area contributed by atoms with Crippen LogP contribution in [0.3, 0.4) is 0 Å². The number of halogens is 1. The Morgan fingerprint density at radius 2 is 1.83 bits per heavy atom. The molecule has 0 unspecified atom stereocenters. The van der Waals surface area contributed by atoms with Gasteiger partial charge in [-0.2, -0.15) is 0 Å². The smallest absolute Gasteiger partial charge is 0.0779 e. The minimum Gasteiger partial charge on any atom is -0.382 e. The van der Waals surface area contributed by atoms with E-state index in [1.165, 1.54) is 25.7 Å². The molecule has 1 fully saturated rings. The maximum absolute atomic E-state index is 6.12. The zero-order valence-corrected chi connectivity index (χ0v) is 13.3. The lowest BCUT2D eigenvalue weighted by Crippen LogP contribution is -2.39. The Balaban J connectivity index is 2.08. The summed E-state index contributed by atoms with van der Waals surface area (Å²) in [6.07, 6.45) is 5.91. The lowest BCUT2D eigenvalue weighted by atomic mass is 9.80. The minimum atomic E-state index is 0.0824. The van der Waals surface area contributed by atoms with Crippen molar-refractivity contribution >= 4 is 15.9 Å². The van der Waals surface area contributed by atoms with Crippen LogP contribution in [-0.4, -0.2) is 44.5 Å². The highest BCUT2D eigenvalue weighted by atomic mass is 79.9. The van der Waals surface area contributed by atoms with Gasteiger partial charge in [0.15, 0.2) is 0 Å². The Labute approximate surface area is 120 Å². The molecule has 1 rings (SSSR count). The SMILES string of the molecule is COCCOCCCOC1(CBr)CCC(C)CC1. The maximum atomic E-state index is 6.12. The van der Waals surface area contributed by atoms with E-state index >= 15 is 0 Å². The van der Waals surface area contributed by atoms with E-state index in [1.807, 2.05) is 0 Å². The van der Waals surface area contributed by atoms with Gasteiger partial charge in [0.2, 0.25) is 0 Å². The van der Waals surface area contributed by atoms with Crippen molar-refractivity contribution in [3.05, 3.63) is 0 Å². The van der Waals surface area contributed by atoms with E-state index in [4.69, 9.17) is 14.2 Å². The zero-order valence-electron chi connectivity index (χ0n) is 11.8. The fraction of sp³-hybridized carbons (Fsp3) is 1.00. The van der Waals surface area contributed by atoms with Gasteiger partial charge in [0.05, 0.1) is 18.8 Å². The maximum Gasteiger partial charge on any atom is 0.0779 e. The summed E-state index contributed by atoms with van der Waals surface area (Å²) in [5.74, 6) is 0.859. The number of ether oxygens (including phenoxy) is 3. The van der Waals surface area contributed by atoms with Gasteiger partial charge in [-0.25, -0.2) is 0 Å². The fourth-order valence-corrected chi connectivity index (χ4v) is 3.02. The van der Waals surface area contributed by atoms with E-state index in [0.29, 0.717) is 13.2 Å². The van der Waals surface area contributed by atoms with Crippen LogP contribution in [0.25, 0.3) is 0 Å². The predicted molar refractivity (Wildman–Crippen MR) is 77.4 cm³/mol. The molecular weight excluding hydrogens is 296 g/mol. The van der Waals surface area contributed by atoms with Crippen LogP contribution < -0.4 is 0 Å². The molecule has 0 aromatic carbocycles. The highest BCUT2D eigenvalue weighted by Gasteiger charge is 2.33. The van der Waals surface area contributed by atoms with Gasteiger partial charge in [-0.15, -0.1) is 0 Å². The molecule has 4 heteroatoms. The van der Waals surface area contributed by atoms with Crippen LogP contribution in [0, 0.1) is 5.92 Å². The van der Waals surface area contributed by atoms with Gasteiger partial charge in [0.25, 0.3) is 0 Å². The molecule has 1 saturated carbocycles. The molecule has 0 bridgehead atoms. The Bertz CT molecular complexity index is 203. The normalized spacial score (nSPS) is 28.5. The summed E-state index contributed by atoms with van der Waals surface area (Å²) < 4.78 is 16.5. The first-order valence-electron chi connectivity index (χ1n) is 6.99. The van der Waals surface area contributed by atoms with Crippen molar-refractivity contribution in [2.75, 3.05) is 38.9 Å². The summed E-state index contributed by atoms with van der Waals surface area (Å²) in [4.78, 5) is 0. The van der Waals surface area contributed by atoms with E-state index in [1.54, 1.807) is 7.11 Å². The second-order valence-electron chi connectivity index (χ2n) is 5.31. The van der Waals surface area contributed by atoms with Crippen molar-refractivity contribution in [2.24, 2.45) is 5.92 Å². The molecule has 1 aliphatic rings. The van der Waals surface area contributed by atoms with Gasteiger partial charge < -0.3 is 14.2 Å². The Morgan fingerprint density at radius 1 is 1.11 bits per heavy atom. The third-order valence-electron chi connectivity index (χ3n) is 3.70. The molecule has 0 aromatic rings. The summed E-state index contributed by atoms with van der Waals surface area (Å²) in [5, 5.41) is 0.956. The van der Waals surface area contributed by atoms with E-state index in [-0.39, 0.29) is 5.60 Å². The molecule has 0 spiro atoms. The summed E-state index contributed by atoms with van der Waals surface area (Å²) in [5.41, 5.74) is 0.0824. The van der Waals surface area contributed by atoms with Crippen molar-refractivity contribution < 1.29 is 14.2 Å². The van der Waals surface area contributed by atoms with Gasteiger partial charge in [-0.1, -0.05) is 22.9 Å². The second kappa shape index (κ2) is 9.29. The standard InChI is InChI=1S/C14H27BrO3/c1-13-4-6-14(12-15,7-5-13)18-9-3-8-17-11-10-16-2/h13H,3-12H2,1-2H3. The molecule has 0 aromatic heterocycles. The summed E-state index contributed by atoms with van der Waals surface area (Å²) in [6.45, 7) is 5.24. The first kappa shape index (κ1) is 16.4. The van der Waals surface area contributed by atoms with Crippen LogP contribution in [0.5, 0.6) is 0 Å². The molecule has 3 nitrogen and oxygen atoms in total. The number of alkyl halides is 1. The minimum absolute atomic E-state index is 0.0824. The van der Waals surface area contributed by atoms with E-state index in [9.17, 15) is 0 Å². The van der Waals surface area contributed by atoms with Gasteiger partial charge >= 0.3 is 0 Å². The first-order valence-corrected chi connectivity index (χ1v) is 8.11. The summed E-state index contributed by atoms with van der Waals surface area (Å²) in [6, 6.07) is 0. The molecule has 1 aliphatic carbocycles. The van der Waals surface area contributed by atoms with Crippen LogP contribution in [0.1, 0.15) is 39.0 Å². The van der Waals surface area contributed by atoms with Crippen LogP contribution in [0.15, 0.2) is 0 Å². The number of hydrogen-bond donors (Lipinski definition) is 0. The van der Waals surface area contributed by atoms with Gasteiger partial charge in [-0.3, -0.25) is 0 Å². The van der Waals surface area contributed by atoms with Crippen LogP contribution in [0.4, 0.5) is 0 Å². The highest BCUT2D eigenvalue weighted by Crippen LogP contribution is 2.36. The summed E-state index contributed by atoms with van der Waals surface area (Å²) in [7, 11) is 1.69. The van der Waals surface area contributed by atoms with Crippen molar-refractivity contribution in [2.45, 2.75) is 44.6 Å². The second-order valence-corrected chi connectivity index (χ2v) is 5.87. The molecule has 0 N–H and O–H groups in total. The lowest BCUT2D eigenvalue weighted by Gasteiger charge is -2.38. The molecule has 0 aliphatic heterocycles. The monoisotopic (exact) mass is 322 g/mol. The van der Waals surface area contributed by atoms with Crippen molar-refractivity contribution in [1.82, 2.24) is 0 Å². The number of methoxy groups -OCH3 is 1.